The Labute approximate surface area is 75.7 Å². The van der Waals surface area contributed by atoms with Crippen molar-refractivity contribution < 1.29 is 18.5 Å². The van der Waals surface area contributed by atoms with E-state index in [9.17, 15) is 4.57 Å². The normalized spacial score (nSPS) is 14.9. The fourth-order valence-corrected chi connectivity index (χ4v) is 1.16. The Hall–Kier alpha value is -1.03. The first-order valence-corrected chi connectivity index (χ1v) is 4.97. The smallest absolute Gasteiger partial charge is 0.404 e. The van der Waals surface area contributed by atoms with Crippen LogP contribution < -0.4 is 10.3 Å². The van der Waals surface area contributed by atoms with E-state index in [1.807, 2.05) is 0 Å². The molecular formula is C7H10NO4P. The van der Waals surface area contributed by atoms with E-state index in [-0.39, 0.29) is 5.75 Å². The van der Waals surface area contributed by atoms with Gasteiger partial charge in [0.25, 0.3) is 0 Å². The maximum Gasteiger partial charge on any atom is 0.527 e. The van der Waals surface area contributed by atoms with E-state index in [2.05, 4.69) is 9.05 Å². The van der Waals surface area contributed by atoms with Crippen molar-refractivity contribution in [3.63, 3.8) is 0 Å². The number of phosphoric acid groups is 1. The molecule has 72 valence electrons. The maximum atomic E-state index is 10.9. The summed E-state index contributed by atoms with van der Waals surface area (Å²) in [6, 6.07) is 6.09. The highest BCUT2D eigenvalue weighted by molar-refractivity contribution is 7.47. The van der Waals surface area contributed by atoms with Crippen LogP contribution in [0.1, 0.15) is 0 Å². The predicted molar refractivity (Wildman–Crippen MR) is 48.3 cm³/mol. The van der Waals surface area contributed by atoms with Crippen LogP contribution in [-0.2, 0) is 9.09 Å². The van der Waals surface area contributed by atoms with Gasteiger partial charge in [0.2, 0.25) is 0 Å². The molecule has 5 nitrogen and oxygen atoms in total. The second kappa shape index (κ2) is 3.79. The molecule has 13 heavy (non-hydrogen) atoms. The van der Waals surface area contributed by atoms with Crippen molar-refractivity contribution in [3.8, 4) is 5.75 Å². The van der Waals surface area contributed by atoms with E-state index in [0.717, 1.165) is 7.11 Å². The Balaban J connectivity index is 2.75. The lowest BCUT2D eigenvalue weighted by molar-refractivity contribution is 0.243. The quantitative estimate of drug-likeness (QED) is 0.573. The molecule has 0 aromatic heterocycles. The topological polar surface area (TPSA) is 81.8 Å². The second-order valence-corrected chi connectivity index (χ2v) is 3.80. The zero-order valence-electron chi connectivity index (χ0n) is 7.01. The summed E-state index contributed by atoms with van der Waals surface area (Å²) in [5, 5.41) is 0. The van der Waals surface area contributed by atoms with E-state index in [0.29, 0.717) is 5.69 Å². The lowest BCUT2D eigenvalue weighted by atomic mass is 10.3. The van der Waals surface area contributed by atoms with Crippen LogP contribution in [0.5, 0.6) is 5.75 Å². The molecule has 0 aliphatic heterocycles. The van der Waals surface area contributed by atoms with Crippen LogP contribution in [-0.4, -0.2) is 12.0 Å². The average molecular weight is 203 g/mol. The molecule has 6 heteroatoms. The van der Waals surface area contributed by atoms with Crippen LogP contribution in [0.2, 0.25) is 0 Å². The highest BCUT2D eigenvalue weighted by Crippen LogP contribution is 2.42. The molecule has 0 aliphatic carbocycles. The number of nitrogen functional groups attached to an aromatic ring is 1. The Kier molecular flexibility index (Phi) is 2.93. The minimum absolute atomic E-state index is 0.238. The molecule has 0 amide bonds. The van der Waals surface area contributed by atoms with E-state index in [1.54, 1.807) is 12.1 Å². The highest BCUT2D eigenvalue weighted by Gasteiger charge is 2.19. The van der Waals surface area contributed by atoms with Crippen molar-refractivity contribution in [2.75, 3.05) is 12.8 Å². The minimum Gasteiger partial charge on any atom is -0.404 e. The summed E-state index contributed by atoms with van der Waals surface area (Å²) < 4.78 is 19.8. The number of benzene rings is 1. The van der Waals surface area contributed by atoms with Gasteiger partial charge >= 0.3 is 7.82 Å². The van der Waals surface area contributed by atoms with Crippen molar-refractivity contribution in [1.82, 2.24) is 0 Å². The third-order valence-electron chi connectivity index (χ3n) is 1.33. The van der Waals surface area contributed by atoms with Gasteiger partial charge in [0.1, 0.15) is 5.75 Å². The fourth-order valence-electron chi connectivity index (χ4n) is 0.699. The van der Waals surface area contributed by atoms with Crippen LogP contribution in [0.4, 0.5) is 5.69 Å². The van der Waals surface area contributed by atoms with E-state index in [4.69, 9.17) is 10.6 Å². The first-order valence-electron chi connectivity index (χ1n) is 3.47. The number of phosphoric ester groups is 1. The SMILES string of the molecule is COP(=O)(O)Oc1ccc(N)cc1. The second-order valence-electron chi connectivity index (χ2n) is 2.31. The Morgan fingerprint density at radius 2 is 1.92 bits per heavy atom. The lowest BCUT2D eigenvalue weighted by Gasteiger charge is -2.09. The average Bonchev–Trinajstić information content (AvgIpc) is 2.09. The van der Waals surface area contributed by atoms with Crippen molar-refractivity contribution in [2.45, 2.75) is 0 Å². The number of hydrogen-bond donors (Lipinski definition) is 2. The Morgan fingerprint density at radius 3 is 2.38 bits per heavy atom. The molecule has 0 aliphatic rings. The van der Waals surface area contributed by atoms with Crippen LogP contribution >= 0.6 is 7.82 Å². The molecule has 3 N–H and O–H groups in total. The zero-order valence-corrected chi connectivity index (χ0v) is 7.90. The van der Waals surface area contributed by atoms with E-state index < -0.39 is 7.82 Å². The Morgan fingerprint density at radius 1 is 1.38 bits per heavy atom. The zero-order chi connectivity index (χ0) is 9.90. The summed E-state index contributed by atoms with van der Waals surface area (Å²) in [7, 11) is -2.86. The fraction of sp³-hybridized carbons (Fsp3) is 0.143. The summed E-state index contributed by atoms with van der Waals surface area (Å²) in [6.45, 7) is 0. The van der Waals surface area contributed by atoms with Crippen LogP contribution in [0, 0.1) is 0 Å². The van der Waals surface area contributed by atoms with Crippen molar-refractivity contribution in [2.24, 2.45) is 0 Å². The third-order valence-corrected chi connectivity index (χ3v) is 2.23. The summed E-state index contributed by atoms with van der Waals surface area (Å²) in [5.41, 5.74) is 5.96. The van der Waals surface area contributed by atoms with Gasteiger partial charge in [-0.3, -0.25) is 9.42 Å². The number of rotatable bonds is 3. The molecule has 0 radical (unpaired) electrons. The number of hydrogen-bond acceptors (Lipinski definition) is 4. The molecule has 0 saturated carbocycles. The van der Waals surface area contributed by atoms with Gasteiger partial charge in [0, 0.05) is 12.8 Å². The van der Waals surface area contributed by atoms with Crippen LogP contribution in [0.3, 0.4) is 0 Å². The maximum absolute atomic E-state index is 10.9. The summed E-state index contributed by atoms with van der Waals surface area (Å²) >= 11 is 0. The van der Waals surface area contributed by atoms with Crippen molar-refractivity contribution in [1.29, 1.82) is 0 Å². The molecule has 0 spiro atoms. The van der Waals surface area contributed by atoms with Gasteiger partial charge in [-0.05, 0) is 24.3 Å². The van der Waals surface area contributed by atoms with Crippen molar-refractivity contribution in [3.05, 3.63) is 24.3 Å². The standard InChI is InChI=1S/C7H10NO4P/c1-11-13(9,10)12-7-4-2-6(8)3-5-7/h2-5H,8H2,1H3,(H,9,10). The molecule has 1 atom stereocenters. The first kappa shape index (κ1) is 10.1. The lowest BCUT2D eigenvalue weighted by Crippen LogP contribution is -1.93. The van der Waals surface area contributed by atoms with Crippen molar-refractivity contribution >= 4 is 13.5 Å². The van der Waals surface area contributed by atoms with Gasteiger partial charge in [0.15, 0.2) is 0 Å². The largest absolute Gasteiger partial charge is 0.527 e. The number of anilines is 1. The van der Waals surface area contributed by atoms with Crippen LogP contribution in [0.15, 0.2) is 24.3 Å². The third kappa shape index (κ3) is 3.06. The van der Waals surface area contributed by atoms with Gasteiger partial charge in [-0.15, -0.1) is 0 Å². The number of nitrogens with two attached hydrogens (primary N) is 1. The molecule has 1 aromatic carbocycles. The van der Waals surface area contributed by atoms with E-state index in [1.165, 1.54) is 12.1 Å². The summed E-state index contributed by atoms with van der Waals surface area (Å²) in [6.07, 6.45) is 0. The van der Waals surface area contributed by atoms with Gasteiger partial charge in [-0.2, -0.15) is 0 Å². The molecule has 1 rings (SSSR count). The molecule has 1 unspecified atom stereocenters. The van der Waals surface area contributed by atoms with Crippen LogP contribution in [0.25, 0.3) is 0 Å². The van der Waals surface area contributed by atoms with Gasteiger partial charge in [-0.25, -0.2) is 4.57 Å². The molecule has 0 bridgehead atoms. The molecule has 0 saturated heterocycles. The van der Waals surface area contributed by atoms with Gasteiger partial charge < -0.3 is 10.3 Å². The first-order chi connectivity index (χ1) is 6.03. The molecule has 1 aromatic rings. The molecular weight excluding hydrogens is 193 g/mol. The summed E-state index contributed by atoms with van der Waals surface area (Å²) in [4.78, 5) is 8.93. The Bertz CT molecular complexity index is 324. The van der Waals surface area contributed by atoms with E-state index >= 15 is 0 Å². The molecule has 0 fully saturated rings. The summed E-state index contributed by atoms with van der Waals surface area (Å²) in [5.74, 6) is 0.238. The van der Waals surface area contributed by atoms with Gasteiger partial charge in [-0.1, -0.05) is 0 Å². The van der Waals surface area contributed by atoms with Gasteiger partial charge in [0.05, 0.1) is 0 Å². The monoisotopic (exact) mass is 203 g/mol. The molecule has 0 heterocycles. The highest BCUT2D eigenvalue weighted by atomic mass is 31.2. The minimum atomic E-state index is -3.95. The predicted octanol–water partition coefficient (Wildman–Crippen LogP) is 1.39.